The lowest BCUT2D eigenvalue weighted by molar-refractivity contribution is -0.132. The van der Waals surface area contributed by atoms with Crippen LogP contribution in [0.1, 0.15) is 0 Å². The Bertz CT molecular complexity index is 414. The van der Waals surface area contributed by atoms with Crippen LogP contribution in [0.3, 0.4) is 0 Å². The van der Waals surface area contributed by atoms with Crippen molar-refractivity contribution in [3.05, 3.63) is 36.2 Å². The number of hydrogen-bond acceptors (Lipinski definition) is 4. The molecule has 1 aliphatic rings. The number of carbonyl (C=O) groups is 1. The smallest absolute Gasteiger partial charge is 0.353 e. The predicted molar refractivity (Wildman–Crippen MR) is 50.0 cm³/mol. The lowest BCUT2D eigenvalue weighted by Crippen LogP contribution is -2.23. The Morgan fingerprint density at radius 2 is 2.07 bits per heavy atom. The zero-order valence-corrected chi connectivity index (χ0v) is 7.14. The van der Waals surface area contributed by atoms with Gasteiger partial charge < -0.3 is 10.4 Å². The second-order valence-electron chi connectivity index (χ2n) is 2.83. The molecule has 0 unspecified atom stereocenters. The number of nitrogens with one attached hydrogen (secondary N) is 1. The summed E-state index contributed by atoms with van der Waals surface area (Å²) in [4.78, 5) is 10.6. The Kier molecular flexibility index (Phi) is 1.86. The van der Waals surface area contributed by atoms with Gasteiger partial charge in [0.1, 0.15) is 5.70 Å². The van der Waals surface area contributed by atoms with Gasteiger partial charge in [0, 0.05) is 0 Å². The average Bonchev–Trinajstić information content (AvgIpc) is 2.17. The minimum Gasteiger partial charge on any atom is -0.477 e. The van der Waals surface area contributed by atoms with Crippen LogP contribution >= 0.6 is 0 Å². The van der Waals surface area contributed by atoms with E-state index in [1.54, 1.807) is 24.3 Å². The van der Waals surface area contributed by atoms with Crippen LogP contribution in [0.25, 0.3) is 0 Å². The first kappa shape index (κ1) is 8.58. The third-order valence-corrected chi connectivity index (χ3v) is 1.90. The van der Waals surface area contributed by atoms with Gasteiger partial charge in [0.05, 0.1) is 17.6 Å². The predicted octanol–water partition coefficient (Wildman–Crippen LogP) is 1.23. The number of carboxylic acids is 1. The van der Waals surface area contributed by atoms with E-state index in [9.17, 15) is 10.0 Å². The number of aliphatic carboxylic acids is 1. The number of hydroxylamine groups is 1. The number of carboxylic acid groups (broad SMARTS) is 1. The summed E-state index contributed by atoms with van der Waals surface area (Å²) in [6.07, 6.45) is 1.12. The summed E-state index contributed by atoms with van der Waals surface area (Å²) in [7, 11) is 0. The largest absolute Gasteiger partial charge is 0.477 e. The summed E-state index contributed by atoms with van der Waals surface area (Å²) in [5, 5.41) is 21.6. The number of nitrogens with zero attached hydrogens (tertiary/aromatic N) is 1. The van der Waals surface area contributed by atoms with Crippen LogP contribution in [-0.4, -0.2) is 16.3 Å². The van der Waals surface area contributed by atoms with E-state index in [1.807, 2.05) is 0 Å². The Balaban J connectivity index is 2.42. The number of para-hydroxylation sites is 2. The average molecular weight is 192 g/mol. The highest BCUT2D eigenvalue weighted by molar-refractivity contribution is 5.94. The zero-order chi connectivity index (χ0) is 10.1. The van der Waals surface area contributed by atoms with E-state index < -0.39 is 5.97 Å². The highest BCUT2D eigenvalue weighted by Gasteiger charge is 2.18. The maximum atomic E-state index is 10.6. The Hall–Kier alpha value is -2.01. The fourth-order valence-corrected chi connectivity index (χ4v) is 1.26. The molecule has 5 heteroatoms. The van der Waals surface area contributed by atoms with Crippen molar-refractivity contribution >= 4 is 17.3 Å². The molecule has 2 rings (SSSR count). The highest BCUT2D eigenvalue weighted by atomic mass is 16.5. The van der Waals surface area contributed by atoms with Gasteiger partial charge >= 0.3 is 5.97 Å². The number of hydrogen-bond donors (Lipinski definition) is 3. The summed E-state index contributed by atoms with van der Waals surface area (Å²) in [5.41, 5.74) is 1.03. The first-order valence-corrected chi connectivity index (χ1v) is 3.98. The standard InChI is InChI=1S/C9H8N2O3/c12-9(13)7-5-11(14)8-4-2-1-3-6(8)10-7/h1-5,10,14H,(H,12,13). The molecule has 0 bridgehead atoms. The third-order valence-electron chi connectivity index (χ3n) is 1.90. The second-order valence-corrected chi connectivity index (χ2v) is 2.83. The Morgan fingerprint density at radius 1 is 1.36 bits per heavy atom. The van der Waals surface area contributed by atoms with Crippen molar-refractivity contribution in [2.24, 2.45) is 0 Å². The topological polar surface area (TPSA) is 72.8 Å². The Labute approximate surface area is 79.8 Å². The van der Waals surface area contributed by atoms with E-state index in [2.05, 4.69) is 5.32 Å². The molecule has 14 heavy (non-hydrogen) atoms. The molecule has 0 saturated carbocycles. The molecule has 1 aliphatic heterocycles. The van der Waals surface area contributed by atoms with E-state index in [0.29, 0.717) is 11.4 Å². The van der Waals surface area contributed by atoms with E-state index in [-0.39, 0.29) is 5.70 Å². The molecule has 1 aromatic carbocycles. The second kappa shape index (κ2) is 3.04. The first-order valence-electron chi connectivity index (χ1n) is 3.98. The van der Waals surface area contributed by atoms with Crippen LogP contribution < -0.4 is 10.4 Å². The number of rotatable bonds is 1. The van der Waals surface area contributed by atoms with Crippen molar-refractivity contribution in [3.8, 4) is 0 Å². The molecule has 0 spiro atoms. The van der Waals surface area contributed by atoms with Gasteiger partial charge in [0.15, 0.2) is 0 Å². The zero-order valence-electron chi connectivity index (χ0n) is 7.14. The van der Waals surface area contributed by atoms with Crippen molar-refractivity contribution in [2.75, 3.05) is 10.4 Å². The van der Waals surface area contributed by atoms with E-state index >= 15 is 0 Å². The molecule has 1 heterocycles. The lowest BCUT2D eigenvalue weighted by atomic mass is 10.2. The van der Waals surface area contributed by atoms with Crippen LogP contribution in [0, 0.1) is 0 Å². The van der Waals surface area contributed by atoms with Crippen molar-refractivity contribution in [3.63, 3.8) is 0 Å². The summed E-state index contributed by atoms with van der Waals surface area (Å²) in [6.45, 7) is 0. The van der Waals surface area contributed by atoms with Gasteiger partial charge in [-0.25, -0.2) is 9.86 Å². The van der Waals surface area contributed by atoms with Crippen molar-refractivity contribution in [2.45, 2.75) is 0 Å². The molecule has 0 radical (unpaired) electrons. The minimum atomic E-state index is -1.11. The van der Waals surface area contributed by atoms with Gasteiger partial charge in [0.2, 0.25) is 0 Å². The molecular formula is C9H8N2O3. The molecular weight excluding hydrogens is 184 g/mol. The maximum Gasteiger partial charge on any atom is 0.353 e. The molecule has 0 aliphatic carbocycles. The van der Waals surface area contributed by atoms with Crippen LogP contribution in [0.2, 0.25) is 0 Å². The molecule has 0 amide bonds. The SMILES string of the molecule is O=C(O)C1=CN(O)c2ccccc2N1. The highest BCUT2D eigenvalue weighted by Crippen LogP contribution is 2.29. The normalized spacial score (nSPS) is 14.1. The molecule has 0 aromatic heterocycles. The third kappa shape index (κ3) is 1.29. The number of fused-ring (bicyclic) bond motifs is 1. The summed E-state index contributed by atoms with van der Waals surface area (Å²) < 4.78 is 0. The van der Waals surface area contributed by atoms with Gasteiger partial charge in [-0.15, -0.1) is 0 Å². The van der Waals surface area contributed by atoms with Gasteiger partial charge in [-0.3, -0.25) is 5.21 Å². The molecule has 5 nitrogen and oxygen atoms in total. The summed E-state index contributed by atoms with van der Waals surface area (Å²) in [6, 6.07) is 6.87. The van der Waals surface area contributed by atoms with Crippen LogP contribution in [0.4, 0.5) is 11.4 Å². The fourth-order valence-electron chi connectivity index (χ4n) is 1.26. The van der Waals surface area contributed by atoms with Crippen LogP contribution in [0.5, 0.6) is 0 Å². The molecule has 3 N–H and O–H groups in total. The molecule has 72 valence electrons. The van der Waals surface area contributed by atoms with Gasteiger partial charge in [-0.1, -0.05) is 12.1 Å². The molecule has 0 atom stereocenters. The molecule has 0 saturated heterocycles. The summed E-state index contributed by atoms with van der Waals surface area (Å²) in [5.74, 6) is -1.11. The van der Waals surface area contributed by atoms with Crippen molar-refractivity contribution < 1.29 is 15.1 Å². The summed E-state index contributed by atoms with van der Waals surface area (Å²) >= 11 is 0. The van der Waals surface area contributed by atoms with Crippen molar-refractivity contribution in [1.29, 1.82) is 0 Å². The van der Waals surface area contributed by atoms with Crippen molar-refractivity contribution in [1.82, 2.24) is 0 Å². The Morgan fingerprint density at radius 3 is 2.79 bits per heavy atom. The number of anilines is 2. The van der Waals surface area contributed by atoms with Gasteiger partial charge in [0.25, 0.3) is 0 Å². The maximum absolute atomic E-state index is 10.6. The number of benzene rings is 1. The minimum absolute atomic E-state index is 0.0637. The van der Waals surface area contributed by atoms with E-state index in [4.69, 9.17) is 5.11 Å². The molecule has 0 fully saturated rings. The van der Waals surface area contributed by atoms with E-state index in [0.717, 1.165) is 11.3 Å². The fraction of sp³-hybridized carbons (Fsp3) is 0. The van der Waals surface area contributed by atoms with Gasteiger partial charge in [-0.2, -0.15) is 0 Å². The monoisotopic (exact) mass is 192 g/mol. The quantitative estimate of drug-likeness (QED) is 0.624. The van der Waals surface area contributed by atoms with Crippen LogP contribution in [0.15, 0.2) is 36.2 Å². The van der Waals surface area contributed by atoms with Gasteiger partial charge in [-0.05, 0) is 12.1 Å². The lowest BCUT2D eigenvalue weighted by Gasteiger charge is -2.23. The van der Waals surface area contributed by atoms with Crippen LogP contribution in [-0.2, 0) is 4.79 Å². The molecule has 1 aromatic rings. The first-order chi connectivity index (χ1) is 6.68. The van der Waals surface area contributed by atoms with E-state index in [1.165, 1.54) is 0 Å².